The van der Waals surface area contributed by atoms with E-state index in [-0.39, 0.29) is 11.8 Å². The van der Waals surface area contributed by atoms with Crippen LogP contribution in [0.15, 0.2) is 35.7 Å². The Morgan fingerprint density at radius 1 is 1.43 bits per heavy atom. The van der Waals surface area contributed by atoms with Gasteiger partial charge < -0.3 is 9.47 Å². The molecule has 0 unspecified atom stereocenters. The zero-order valence-corrected chi connectivity index (χ0v) is 13.9. The largest absolute Gasteiger partial charge is 0.481 e. The Labute approximate surface area is 139 Å². The monoisotopic (exact) mass is 332 g/mol. The lowest BCUT2D eigenvalue weighted by molar-refractivity contribution is -0.0131. The number of carbonyl (C=O) groups is 1. The fourth-order valence-corrected chi connectivity index (χ4v) is 3.38. The number of hydrogen-bond donors (Lipinski definition) is 0. The molecule has 5 nitrogen and oxygen atoms in total. The van der Waals surface area contributed by atoms with Crippen LogP contribution in [0.3, 0.4) is 0 Å². The highest BCUT2D eigenvalue weighted by atomic mass is 32.1. The number of pyridine rings is 1. The molecule has 6 heteroatoms. The summed E-state index contributed by atoms with van der Waals surface area (Å²) in [6.07, 6.45) is 0.477. The lowest BCUT2D eigenvalue weighted by atomic mass is 10.1. The normalized spacial score (nSPS) is 18.7. The van der Waals surface area contributed by atoms with Gasteiger partial charge in [-0.2, -0.15) is 0 Å². The first kappa shape index (κ1) is 16.1. The van der Waals surface area contributed by atoms with Crippen LogP contribution >= 0.6 is 11.3 Å². The molecule has 2 aromatic rings. The van der Waals surface area contributed by atoms with E-state index in [1.54, 1.807) is 7.11 Å². The van der Waals surface area contributed by atoms with E-state index in [2.05, 4.69) is 9.88 Å². The van der Waals surface area contributed by atoms with Crippen molar-refractivity contribution in [2.75, 3.05) is 26.9 Å². The van der Waals surface area contributed by atoms with E-state index in [9.17, 15) is 4.79 Å². The maximum absolute atomic E-state index is 12.4. The van der Waals surface area contributed by atoms with Crippen LogP contribution in [0, 0.1) is 0 Å². The number of ketones is 1. The van der Waals surface area contributed by atoms with Crippen LogP contribution in [-0.2, 0) is 11.3 Å². The van der Waals surface area contributed by atoms with Gasteiger partial charge >= 0.3 is 0 Å². The minimum absolute atomic E-state index is 0.0892. The second kappa shape index (κ2) is 7.68. The second-order valence-corrected chi connectivity index (χ2v) is 6.42. The Bertz CT molecular complexity index is 645. The number of rotatable bonds is 6. The second-order valence-electron chi connectivity index (χ2n) is 5.48. The molecular formula is C17H20N2O3S. The fraction of sp³-hybridized carbons (Fsp3) is 0.412. The summed E-state index contributed by atoms with van der Waals surface area (Å²) in [6, 6.07) is 9.63. The Morgan fingerprint density at radius 2 is 2.35 bits per heavy atom. The topological polar surface area (TPSA) is 51.7 Å². The van der Waals surface area contributed by atoms with Crippen molar-refractivity contribution in [1.82, 2.24) is 9.88 Å². The standard InChI is InChI=1S/C17H20N2O3S/c1-21-17-6-2-4-13(18-17)11-19-7-8-22-12-14(19)10-15(20)16-5-3-9-23-16/h2-6,9,14H,7-8,10-12H2,1H3/t14-/m0/s1. The van der Waals surface area contributed by atoms with Crippen molar-refractivity contribution in [2.45, 2.75) is 19.0 Å². The van der Waals surface area contributed by atoms with E-state index >= 15 is 0 Å². The Balaban J connectivity index is 1.67. The summed E-state index contributed by atoms with van der Waals surface area (Å²) in [5, 5.41) is 1.93. The van der Waals surface area contributed by atoms with Gasteiger partial charge in [0.05, 0.1) is 30.9 Å². The molecule has 23 heavy (non-hydrogen) atoms. The van der Waals surface area contributed by atoms with Crippen LogP contribution in [0.1, 0.15) is 21.8 Å². The molecule has 0 aliphatic carbocycles. The van der Waals surface area contributed by atoms with E-state index in [4.69, 9.17) is 9.47 Å². The van der Waals surface area contributed by atoms with Gasteiger partial charge in [0.1, 0.15) is 0 Å². The summed E-state index contributed by atoms with van der Waals surface area (Å²) in [7, 11) is 1.61. The predicted molar refractivity (Wildman–Crippen MR) is 89.1 cm³/mol. The number of ether oxygens (including phenoxy) is 2. The number of hydrogen-bond acceptors (Lipinski definition) is 6. The lowest BCUT2D eigenvalue weighted by Gasteiger charge is -2.35. The molecule has 0 aromatic carbocycles. The molecule has 2 aromatic heterocycles. The maximum Gasteiger partial charge on any atom is 0.213 e. The van der Waals surface area contributed by atoms with Gasteiger partial charge in [-0.15, -0.1) is 11.3 Å². The summed E-state index contributed by atoms with van der Waals surface area (Å²) >= 11 is 1.49. The van der Waals surface area contributed by atoms with Gasteiger partial charge in [0.2, 0.25) is 5.88 Å². The third-order valence-electron chi connectivity index (χ3n) is 3.92. The third-order valence-corrected chi connectivity index (χ3v) is 4.83. The molecule has 1 saturated heterocycles. The van der Waals surface area contributed by atoms with Gasteiger partial charge in [0.25, 0.3) is 0 Å². The third kappa shape index (κ3) is 4.16. The van der Waals surface area contributed by atoms with E-state index in [1.807, 2.05) is 35.7 Å². The molecule has 1 atom stereocenters. The number of aromatic nitrogens is 1. The minimum atomic E-state index is 0.0892. The van der Waals surface area contributed by atoms with Crippen molar-refractivity contribution in [1.29, 1.82) is 0 Å². The first-order chi connectivity index (χ1) is 11.3. The first-order valence-electron chi connectivity index (χ1n) is 7.64. The number of thiophene rings is 1. The summed E-state index contributed by atoms with van der Waals surface area (Å²) in [5.74, 6) is 0.793. The minimum Gasteiger partial charge on any atom is -0.481 e. The zero-order valence-electron chi connectivity index (χ0n) is 13.1. The first-order valence-corrected chi connectivity index (χ1v) is 8.52. The molecule has 0 amide bonds. The van der Waals surface area contributed by atoms with Crippen molar-refractivity contribution in [3.63, 3.8) is 0 Å². The van der Waals surface area contributed by atoms with Crippen LogP contribution in [-0.4, -0.2) is 48.6 Å². The van der Waals surface area contributed by atoms with Gasteiger partial charge in [-0.05, 0) is 17.5 Å². The maximum atomic E-state index is 12.4. The Kier molecular flexibility index (Phi) is 5.38. The van der Waals surface area contributed by atoms with Crippen LogP contribution in [0.5, 0.6) is 5.88 Å². The fourth-order valence-electron chi connectivity index (χ4n) is 2.70. The summed E-state index contributed by atoms with van der Waals surface area (Å²) in [6.45, 7) is 2.78. The molecule has 0 bridgehead atoms. The van der Waals surface area contributed by atoms with Gasteiger partial charge in [0, 0.05) is 31.6 Å². The summed E-state index contributed by atoms with van der Waals surface area (Å²) in [4.78, 5) is 19.9. The number of Topliss-reactive ketones (excluding diaryl/α,β-unsaturated/α-hetero) is 1. The Morgan fingerprint density at radius 3 is 3.13 bits per heavy atom. The average Bonchev–Trinajstić information content (AvgIpc) is 3.11. The quantitative estimate of drug-likeness (QED) is 0.761. The van der Waals surface area contributed by atoms with E-state index in [1.165, 1.54) is 11.3 Å². The van der Waals surface area contributed by atoms with Crippen LogP contribution in [0.2, 0.25) is 0 Å². The Hall–Kier alpha value is -1.76. The molecule has 3 heterocycles. The zero-order chi connectivity index (χ0) is 16.1. The number of carbonyl (C=O) groups excluding carboxylic acids is 1. The molecule has 0 saturated carbocycles. The SMILES string of the molecule is COc1cccc(CN2CCOC[C@@H]2CC(=O)c2cccs2)n1. The van der Waals surface area contributed by atoms with Crippen LogP contribution in [0.4, 0.5) is 0 Å². The van der Waals surface area contributed by atoms with E-state index < -0.39 is 0 Å². The molecule has 0 radical (unpaired) electrons. The molecular weight excluding hydrogens is 312 g/mol. The molecule has 3 rings (SSSR count). The highest BCUT2D eigenvalue weighted by Crippen LogP contribution is 2.19. The summed E-state index contributed by atoms with van der Waals surface area (Å²) < 4.78 is 10.8. The summed E-state index contributed by atoms with van der Waals surface area (Å²) in [5.41, 5.74) is 0.944. The van der Waals surface area contributed by atoms with E-state index in [0.717, 1.165) is 17.1 Å². The van der Waals surface area contributed by atoms with Gasteiger partial charge in [-0.1, -0.05) is 12.1 Å². The van der Waals surface area contributed by atoms with Crippen molar-refractivity contribution < 1.29 is 14.3 Å². The van der Waals surface area contributed by atoms with Crippen molar-refractivity contribution in [3.8, 4) is 5.88 Å². The van der Waals surface area contributed by atoms with Gasteiger partial charge in [-0.3, -0.25) is 9.69 Å². The number of morpholine rings is 1. The number of methoxy groups -OCH3 is 1. The highest BCUT2D eigenvalue weighted by molar-refractivity contribution is 7.12. The van der Waals surface area contributed by atoms with Gasteiger partial charge in [0.15, 0.2) is 5.78 Å². The smallest absolute Gasteiger partial charge is 0.213 e. The van der Waals surface area contributed by atoms with Gasteiger partial charge in [-0.25, -0.2) is 4.98 Å². The van der Waals surface area contributed by atoms with Crippen molar-refractivity contribution >= 4 is 17.1 Å². The van der Waals surface area contributed by atoms with Crippen LogP contribution < -0.4 is 4.74 Å². The van der Waals surface area contributed by atoms with Crippen molar-refractivity contribution in [2.24, 2.45) is 0 Å². The molecule has 1 fully saturated rings. The molecule has 0 spiro atoms. The lowest BCUT2D eigenvalue weighted by Crippen LogP contribution is -2.46. The molecule has 1 aliphatic heterocycles. The molecule has 0 N–H and O–H groups in total. The predicted octanol–water partition coefficient (Wildman–Crippen LogP) is 2.63. The van der Waals surface area contributed by atoms with Crippen molar-refractivity contribution in [3.05, 3.63) is 46.3 Å². The average molecular weight is 332 g/mol. The highest BCUT2D eigenvalue weighted by Gasteiger charge is 2.26. The van der Waals surface area contributed by atoms with E-state index in [0.29, 0.717) is 32.1 Å². The number of nitrogens with zero attached hydrogens (tertiary/aromatic N) is 2. The molecule has 1 aliphatic rings. The molecule has 122 valence electrons. The van der Waals surface area contributed by atoms with Crippen LogP contribution in [0.25, 0.3) is 0 Å².